The molecule has 6 nitrogen and oxygen atoms in total. The van der Waals surface area contributed by atoms with E-state index in [9.17, 15) is 9.90 Å². The van der Waals surface area contributed by atoms with Crippen LogP contribution < -0.4 is 10.1 Å². The number of nitrogens with one attached hydrogen (secondary N) is 1. The number of ether oxygens (including phenoxy) is 1. The second-order valence-electron chi connectivity index (χ2n) is 6.21. The smallest absolute Gasteiger partial charge is 0.418 e. The molecule has 1 aliphatic heterocycles. The van der Waals surface area contributed by atoms with Gasteiger partial charge in [0, 0.05) is 23.2 Å². The van der Waals surface area contributed by atoms with E-state index in [1.165, 1.54) is 4.57 Å². The van der Waals surface area contributed by atoms with Crippen molar-refractivity contribution in [2.45, 2.75) is 19.8 Å². The first-order valence-corrected chi connectivity index (χ1v) is 7.59. The number of hydrogen-bond acceptors (Lipinski definition) is 4. The van der Waals surface area contributed by atoms with Gasteiger partial charge in [-0.3, -0.25) is 4.99 Å². The van der Waals surface area contributed by atoms with Crippen LogP contribution in [0.2, 0.25) is 0 Å². The van der Waals surface area contributed by atoms with Gasteiger partial charge >= 0.3 is 6.09 Å². The van der Waals surface area contributed by atoms with Gasteiger partial charge in [-0.1, -0.05) is 25.1 Å². The van der Waals surface area contributed by atoms with Crippen LogP contribution in [0.1, 0.15) is 19.8 Å². The molecule has 1 aromatic carbocycles. The van der Waals surface area contributed by atoms with Crippen molar-refractivity contribution in [1.29, 1.82) is 0 Å². The number of allylic oxidation sites excluding steroid dienone is 1. The van der Waals surface area contributed by atoms with Gasteiger partial charge in [-0.25, -0.2) is 9.36 Å². The number of hydrogen-bond donors (Lipinski definition) is 2. The van der Waals surface area contributed by atoms with E-state index in [4.69, 9.17) is 4.74 Å². The molecule has 0 atom stereocenters. The van der Waals surface area contributed by atoms with E-state index in [2.05, 4.69) is 17.2 Å². The van der Waals surface area contributed by atoms with Crippen LogP contribution in [-0.4, -0.2) is 28.7 Å². The van der Waals surface area contributed by atoms with E-state index >= 15 is 0 Å². The maximum Gasteiger partial charge on any atom is 0.418 e. The monoisotopic (exact) mass is 311 g/mol. The fourth-order valence-corrected chi connectivity index (χ4v) is 2.89. The molecule has 0 unspecified atom stereocenters. The van der Waals surface area contributed by atoms with Crippen LogP contribution >= 0.6 is 0 Å². The van der Waals surface area contributed by atoms with Gasteiger partial charge < -0.3 is 15.2 Å². The minimum Gasteiger partial charge on any atom is -0.464 e. The molecule has 0 spiro atoms. The molecule has 0 bridgehead atoms. The molecule has 0 amide bonds. The summed E-state index contributed by atoms with van der Waals surface area (Å²) in [5, 5.41) is 13.5. The summed E-state index contributed by atoms with van der Waals surface area (Å²) in [6.45, 7) is 2.60. The molecule has 2 aromatic rings. The second kappa shape index (κ2) is 4.87. The maximum absolute atomic E-state index is 11.6. The number of carbonyl (C=O) groups is 1. The Kier molecular flexibility index (Phi) is 2.94. The van der Waals surface area contributed by atoms with Gasteiger partial charge in [-0.15, -0.1) is 0 Å². The van der Waals surface area contributed by atoms with Crippen molar-refractivity contribution < 1.29 is 14.6 Å². The van der Waals surface area contributed by atoms with Crippen LogP contribution in [0.4, 0.5) is 4.79 Å². The van der Waals surface area contributed by atoms with Crippen molar-refractivity contribution in [2.24, 2.45) is 10.4 Å². The van der Waals surface area contributed by atoms with E-state index in [1.54, 1.807) is 12.1 Å². The summed E-state index contributed by atoms with van der Waals surface area (Å²) in [4.78, 5) is 15.9. The van der Waals surface area contributed by atoms with Gasteiger partial charge in [0.2, 0.25) is 11.8 Å². The Morgan fingerprint density at radius 1 is 1.39 bits per heavy atom. The summed E-state index contributed by atoms with van der Waals surface area (Å²) in [5.74, 6) is 0.892. The van der Waals surface area contributed by atoms with Gasteiger partial charge in [0.05, 0.1) is 5.52 Å². The van der Waals surface area contributed by atoms with Crippen molar-refractivity contribution in [3.8, 4) is 5.88 Å². The highest BCUT2D eigenvalue weighted by Crippen LogP contribution is 2.51. The normalized spacial score (nSPS) is 18.8. The molecule has 1 fully saturated rings. The number of aromatic nitrogens is 1. The highest BCUT2D eigenvalue weighted by Gasteiger charge is 2.43. The zero-order chi connectivity index (χ0) is 16.0. The lowest BCUT2D eigenvalue weighted by Gasteiger charge is -2.21. The van der Waals surface area contributed by atoms with Gasteiger partial charge in [0.25, 0.3) is 0 Å². The predicted octanol–water partition coefficient (Wildman–Crippen LogP) is 3.19. The molecule has 118 valence electrons. The largest absolute Gasteiger partial charge is 0.464 e. The fourth-order valence-electron chi connectivity index (χ4n) is 2.89. The van der Waals surface area contributed by atoms with Crippen LogP contribution in [0, 0.1) is 5.41 Å². The molecule has 1 aliphatic carbocycles. The number of carboxylic acid groups (broad SMARTS) is 1. The van der Waals surface area contributed by atoms with Crippen molar-refractivity contribution in [1.82, 2.24) is 9.88 Å². The molecule has 2 N–H and O–H groups in total. The third-order valence-electron chi connectivity index (χ3n) is 4.52. The molecule has 1 saturated carbocycles. The van der Waals surface area contributed by atoms with Crippen molar-refractivity contribution in [2.75, 3.05) is 6.67 Å². The first kappa shape index (κ1) is 13.9. The zero-order valence-corrected chi connectivity index (χ0v) is 12.7. The van der Waals surface area contributed by atoms with Gasteiger partial charge in [0.1, 0.15) is 6.67 Å². The summed E-state index contributed by atoms with van der Waals surface area (Å²) in [7, 11) is 0. The summed E-state index contributed by atoms with van der Waals surface area (Å²) in [6, 6.07) is 9.07. The minimum absolute atomic E-state index is 0.0757. The first-order valence-electron chi connectivity index (χ1n) is 7.59. The van der Waals surface area contributed by atoms with E-state index in [1.807, 2.05) is 24.4 Å². The quantitative estimate of drug-likeness (QED) is 0.912. The average Bonchev–Trinajstić information content (AvgIpc) is 3.17. The van der Waals surface area contributed by atoms with Crippen molar-refractivity contribution in [3.05, 3.63) is 41.8 Å². The third kappa shape index (κ3) is 2.27. The van der Waals surface area contributed by atoms with Crippen LogP contribution in [0.5, 0.6) is 5.88 Å². The summed E-state index contributed by atoms with van der Waals surface area (Å²) in [6.07, 6.45) is 2.95. The number of nitrogens with zero attached hydrogens (tertiary/aromatic N) is 2. The van der Waals surface area contributed by atoms with Crippen LogP contribution in [0.15, 0.2) is 46.8 Å². The lowest BCUT2D eigenvalue weighted by atomic mass is 9.99. The Balaban J connectivity index is 1.81. The fraction of sp³-hybridized carbons (Fsp3) is 0.294. The molecule has 23 heavy (non-hydrogen) atoms. The molecular weight excluding hydrogens is 294 g/mol. The van der Waals surface area contributed by atoms with Gasteiger partial charge in [0.15, 0.2) is 0 Å². The predicted molar refractivity (Wildman–Crippen MR) is 86.9 cm³/mol. The number of rotatable bonds is 3. The van der Waals surface area contributed by atoms with Gasteiger partial charge in [-0.2, -0.15) is 0 Å². The van der Waals surface area contributed by atoms with Crippen LogP contribution in [0.3, 0.4) is 0 Å². The number of para-hydroxylation sites is 1. The Morgan fingerprint density at radius 2 is 2.17 bits per heavy atom. The van der Waals surface area contributed by atoms with E-state index < -0.39 is 6.09 Å². The number of benzene rings is 1. The standard InChI is InChI=1S/C17H17N3O3/c1-17(6-7-17)12-9-18-10-19-15(12)23-14-8-11-4-2-3-5-13(11)20(14)16(21)22/h2-5,8-9,19H,6-7,10H2,1H3,(H,21,22). The number of fused-ring (bicyclic) bond motifs is 1. The molecule has 0 saturated heterocycles. The molecule has 4 rings (SSSR count). The molecule has 2 heterocycles. The Bertz CT molecular complexity index is 859. The maximum atomic E-state index is 11.6. The Morgan fingerprint density at radius 3 is 2.91 bits per heavy atom. The van der Waals surface area contributed by atoms with Crippen LogP contribution in [0.25, 0.3) is 10.9 Å². The molecule has 2 aliphatic rings. The molecule has 6 heteroatoms. The second-order valence-corrected chi connectivity index (χ2v) is 6.21. The number of aliphatic imine (C=N–C) groups is 1. The average molecular weight is 311 g/mol. The molecular formula is C17H17N3O3. The highest BCUT2D eigenvalue weighted by atomic mass is 16.5. The third-order valence-corrected chi connectivity index (χ3v) is 4.52. The Labute approximate surface area is 133 Å². The molecule has 0 radical (unpaired) electrons. The topological polar surface area (TPSA) is 75.8 Å². The van der Waals surface area contributed by atoms with E-state index in [0.29, 0.717) is 23.9 Å². The summed E-state index contributed by atoms with van der Waals surface area (Å²) in [5.41, 5.74) is 1.69. The Hall–Kier alpha value is -2.76. The lowest BCUT2D eigenvalue weighted by Crippen LogP contribution is -2.28. The lowest BCUT2D eigenvalue weighted by molar-refractivity contribution is 0.193. The highest BCUT2D eigenvalue weighted by molar-refractivity contribution is 5.91. The molecule has 1 aromatic heterocycles. The van der Waals surface area contributed by atoms with E-state index in [0.717, 1.165) is 23.8 Å². The summed E-state index contributed by atoms with van der Waals surface area (Å²) >= 11 is 0. The minimum atomic E-state index is -1.06. The zero-order valence-electron chi connectivity index (χ0n) is 12.7. The summed E-state index contributed by atoms with van der Waals surface area (Å²) < 4.78 is 7.14. The van der Waals surface area contributed by atoms with Crippen molar-refractivity contribution >= 4 is 23.2 Å². The van der Waals surface area contributed by atoms with Crippen molar-refractivity contribution in [3.63, 3.8) is 0 Å². The van der Waals surface area contributed by atoms with E-state index in [-0.39, 0.29) is 5.41 Å². The SMILES string of the molecule is CC1(C2=C(Oc3cc4ccccc4n3C(=O)O)NCN=C2)CC1. The first-order chi connectivity index (χ1) is 11.1. The van der Waals surface area contributed by atoms with Gasteiger partial charge in [-0.05, 0) is 24.3 Å². The van der Waals surface area contributed by atoms with Crippen LogP contribution in [-0.2, 0) is 0 Å².